The molecule has 2 rings (SSSR count). The van der Waals surface area contributed by atoms with E-state index >= 15 is 0 Å². The average Bonchev–Trinajstić information content (AvgIpc) is 2.37. The standard InChI is InChI=1S/C14H28N2O/c1-12(13-6-4-3-5-7-13)15-10-14-11-16(2)8-9-17-14/h12-15H,3-11H2,1-2H3/t12-,14?/m0/s1. The lowest BCUT2D eigenvalue weighted by Crippen LogP contribution is -2.47. The molecule has 2 aliphatic rings. The molecule has 0 amide bonds. The number of ether oxygens (including phenoxy) is 1. The van der Waals surface area contributed by atoms with Crippen molar-refractivity contribution in [1.82, 2.24) is 10.2 Å². The van der Waals surface area contributed by atoms with Gasteiger partial charge in [0, 0.05) is 25.7 Å². The van der Waals surface area contributed by atoms with Gasteiger partial charge in [-0.25, -0.2) is 0 Å². The summed E-state index contributed by atoms with van der Waals surface area (Å²) >= 11 is 0. The molecule has 0 radical (unpaired) electrons. The number of rotatable bonds is 4. The molecular weight excluding hydrogens is 212 g/mol. The smallest absolute Gasteiger partial charge is 0.0826 e. The summed E-state index contributed by atoms with van der Waals surface area (Å²) in [7, 11) is 2.18. The van der Waals surface area contributed by atoms with Gasteiger partial charge in [-0.1, -0.05) is 19.3 Å². The molecule has 0 aromatic heterocycles. The third-order valence-electron chi connectivity index (χ3n) is 4.37. The second-order valence-corrected chi connectivity index (χ2v) is 5.85. The highest BCUT2D eigenvalue weighted by atomic mass is 16.5. The van der Waals surface area contributed by atoms with E-state index in [-0.39, 0.29) is 0 Å². The second-order valence-electron chi connectivity index (χ2n) is 5.85. The molecule has 1 unspecified atom stereocenters. The van der Waals surface area contributed by atoms with Gasteiger partial charge in [-0.2, -0.15) is 0 Å². The fraction of sp³-hybridized carbons (Fsp3) is 1.00. The Morgan fingerprint density at radius 1 is 1.29 bits per heavy atom. The Morgan fingerprint density at radius 3 is 2.76 bits per heavy atom. The Labute approximate surface area is 106 Å². The summed E-state index contributed by atoms with van der Waals surface area (Å²) in [5, 5.41) is 3.69. The molecule has 3 nitrogen and oxygen atoms in total. The van der Waals surface area contributed by atoms with E-state index in [1.165, 1.54) is 32.1 Å². The molecular formula is C14H28N2O. The molecule has 0 aromatic rings. The van der Waals surface area contributed by atoms with Gasteiger partial charge in [0.15, 0.2) is 0 Å². The zero-order valence-corrected chi connectivity index (χ0v) is 11.5. The highest BCUT2D eigenvalue weighted by molar-refractivity contribution is 4.78. The van der Waals surface area contributed by atoms with Crippen LogP contribution >= 0.6 is 0 Å². The first-order valence-electron chi connectivity index (χ1n) is 7.29. The number of hydrogen-bond donors (Lipinski definition) is 1. The van der Waals surface area contributed by atoms with E-state index in [9.17, 15) is 0 Å². The van der Waals surface area contributed by atoms with E-state index in [0.29, 0.717) is 12.1 Å². The minimum absolute atomic E-state index is 0.389. The summed E-state index contributed by atoms with van der Waals surface area (Å²) < 4.78 is 5.78. The lowest BCUT2D eigenvalue weighted by Gasteiger charge is -2.33. The molecule has 2 atom stereocenters. The maximum absolute atomic E-state index is 5.78. The van der Waals surface area contributed by atoms with Gasteiger partial charge in [0.2, 0.25) is 0 Å². The molecule has 0 aromatic carbocycles. The second kappa shape index (κ2) is 6.72. The van der Waals surface area contributed by atoms with Crippen molar-refractivity contribution < 1.29 is 4.74 Å². The summed E-state index contributed by atoms with van der Waals surface area (Å²) in [6.45, 7) is 6.41. The zero-order chi connectivity index (χ0) is 12.1. The molecule has 1 N–H and O–H groups in total. The number of nitrogens with zero attached hydrogens (tertiary/aromatic N) is 1. The van der Waals surface area contributed by atoms with Gasteiger partial charge in [0.05, 0.1) is 12.7 Å². The highest BCUT2D eigenvalue weighted by Gasteiger charge is 2.22. The molecule has 3 heteroatoms. The van der Waals surface area contributed by atoms with Crippen molar-refractivity contribution in [1.29, 1.82) is 0 Å². The number of nitrogens with one attached hydrogen (secondary N) is 1. The number of morpholine rings is 1. The molecule has 2 fully saturated rings. The van der Waals surface area contributed by atoms with Crippen LogP contribution in [0.1, 0.15) is 39.0 Å². The van der Waals surface area contributed by atoms with E-state index in [4.69, 9.17) is 4.74 Å². The van der Waals surface area contributed by atoms with E-state index in [1.807, 2.05) is 0 Å². The van der Waals surface area contributed by atoms with E-state index < -0.39 is 0 Å². The minimum Gasteiger partial charge on any atom is -0.374 e. The van der Waals surface area contributed by atoms with Gasteiger partial charge >= 0.3 is 0 Å². The monoisotopic (exact) mass is 240 g/mol. The van der Waals surface area contributed by atoms with Crippen LogP contribution in [0, 0.1) is 5.92 Å². The Morgan fingerprint density at radius 2 is 2.06 bits per heavy atom. The molecule has 1 heterocycles. The predicted octanol–water partition coefficient (Wildman–Crippen LogP) is 1.88. The van der Waals surface area contributed by atoms with Crippen molar-refractivity contribution >= 4 is 0 Å². The van der Waals surface area contributed by atoms with Crippen molar-refractivity contribution in [3.63, 3.8) is 0 Å². The normalized spacial score (nSPS) is 30.4. The van der Waals surface area contributed by atoms with Crippen LogP contribution in [0.3, 0.4) is 0 Å². The van der Waals surface area contributed by atoms with Gasteiger partial charge in [0.25, 0.3) is 0 Å². The van der Waals surface area contributed by atoms with Crippen LogP contribution in [0.25, 0.3) is 0 Å². The summed E-state index contributed by atoms with van der Waals surface area (Å²) in [5.74, 6) is 0.894. The van der Waals surface area contributed by atoms with E-state index in [2.05, 4.69) is 24.2 Å². The van der Waals surface area contributed by atoms with Gasteiger partial charge in [0.1, 0.15) is 0 Å². The first-order chi connectivity index (χ1) is 8.25. The van der Waals surface area contributed by atoms with Crippen LogP contribution in [0.2, 0.25) is 0 Å². The molecule has 100 valence electrons. The first-order valence-corrected chi connectivity index (χ1v) is 7.29. The topological polar surface area (TPSA) is 24.5 Å². The molecule has 1 saturated carbocycles. The first kappa shape index (κ1) is 13.3. The third-order valence-corrected chi connectivity index (χ3v) is 4.37. The largest absolute Gasteiger partial charge is 0.374 e. The van der Waals surface area contributed by atoms with E-state index in [0.717, 1.165) is 32.2 Å². The fourth-order valence-electron chi connectivity index (χ4n) is 3.11. The lowest BCUT2D eigenvalue weighted by atomic mass is 9.84. The maximum atomic E-state index is 5.78. The van der Waals surface area contributed by atoms with Crippen LogP contribution < -0.4 is 5.32 Å². The zero-order valence-electron chi connectivity index (χ0n) is 11.5. The third kappa shape index (κ3) is 4.23. The van der Waals surface area contributed by atoms with Crippen LogP contribution in [0.4, 0.5) is 0 Å². The summed E-state index contributed by atoms with van der Waals surface area (Å²) in [4.78, 5) is 2.36. The lowest BCUT2D eigenvalue weighted by molar-refractivity contribution is -0.0200. The van der Waals surface area contributed by atoms with Crippen LogP contribution in [0.5, 0.6) is 0 Å². The molecule has 0 spiro atoms. The van der Waals surface area contributed by atoms with Crippen molar-refractivity contribution in [3.05, 3.63) is 0 Å². The molecule has 1 aliphatic heterocycles. The van der Waals surface area contributed by atoms with E-state index in [1.54, 1.807) is 0 Å². The Hall–Kier alpha value is -0.120. The summed E-state index contributed by atoms with van der Waals surface area (Å²) in [5.41, 5.74) is 0. The maximum Gasteiger partial charge on any atom is 0.0826 e. The average molecular weight is 240 g/mol. The molecule has 1 aliphatic carbocycles. The molecule has 1 saturated heterocycles. The minimum atomic E-state index is 0.389. The van der Waals surface area contributed by atoms with Gasteiger partial charge in [-0.15, -0.1) is 0 Å². The Balaban J connectivity index is 1.66. The Kier molecular flexibility index (Phi) is 5.26. The summed E-state index contributed by atoms with van der Waals surface area (Å²) in [6.07, 6.45) is 7.53. The molecule has 0 bridgehead atoms. The number of likely N-dealkylation sites (N-methyl/N-ethyl adjacent to an activating group) is 1. The van der Waals surface area contributed by atoms with Crippen molar-refractivity contribution in [2.24, 2.45) is 5.92 Å². The van der Waals surface area contributed by atoms with Crippen LogP contribution in [-0.2, 0) is 4.74 Å². The van der Waals surface area contributed by atoms with Crippen LogP contribution in [0.15, 0.2) is 0 Å². The number of hydrogen-bond acceptors (Lipinski definition) is 3. The van der Waals surface area contributed by atoms with Crippen molar-refractivity contribution in [3.8, 4) is 0 Å². The van der Waals surface area contributed by atoms with Crippen molar-refractivity contribution in [2.75, 3.05) is 33.3 Å². The van der Waals surface area contributed by atoms with Gasteiger partial charge in [-0.05, 0) is 32.7 Å². The molecule has 17 heavy (non-hydrogen) atoms. The fourth-order valence-corrected chi connectivity index (χ4v) is 3.11. The SMILES string of the molecule is C[C@H](NCC1CN(C)CCO1)C1CCCCC1. The quantitative estimate of drug-likeness (QED) is 0.812. The van der Waals surface area contributed by atoms with Gasteiger partial charge in [-0.3, -0.25) is 0 Å². The van der Waals surface area contributed by atoms with Crippen molar-refractivity contribution in [2.45, 2.75) is 51.2 Å². The summed E-state index contributed by atoms with van der Waals surface area (Å²) in [6, 6.07) is 0.658. The van der Waals surface area contributed by atoms with Gasteiger partial charge < -0.3 is 15.0 Å². The van der Waals surface area contributed by atoms with Crippen LogP contribution in [-0.4, -0.2) is 50.3 Å². The Bertz CT molecular complexity index is 216. The highest BCUT2D eigenvalue weighted by Crippen LogP contribution is 2.26. The predicted molar refractivity (Wildman–Crippen MR) is 71.3 cm³/mol.